The number of anilines is 2. The summed E-state index contributed by atoms with van der Waals surface area (Å²) in [5, 5.41) is 10.6. The Balaban J connectivity index is 2.51. The summed E-state index contributed by atoms with van der Waals surface area (Å²) in [7, 11) is 0. The van der Waals surface area contributed by atoms with Crippen molar-refractivity contribution >= 4 is 28.8 Å². The maximum atomic E-state index is 10.3. The molecule has 0 bridgehead atoms. The first kappa shape index (κ1) is 8.36. The Labute approximate surface area is 78.8 Å². The number of carbonyl (C=O) groups is 1. The largest absolute Gasteiger partial charge is 0.465 e. The maximum absolute atomic E-state index is 10.3. The van der Waals surface area contributed by atoms with E-state index in [1.165, 1.54) is 0 Å². The minimum absolute atomic E-state index is 0.172. The van der Waals surface area contributed by atoms with Crippen molar-refractivity contribution in [3.05, 3.63) is 18.2 Å². The number of imidazole rings is 1. The molecule has 0 aliphatic rings. The summed E-state index contributed by atoms with van der Waals surface area (Å²) in [6.45, 7) is 0. The summed E-state index contributed by atoms with van der Waals surface area (Å²) >= 11 is 0. The molecule has 6 heteroatoms. The molecule has 1 aromatic heterocycles. The third-order valence-electron chi connectivity index (χ3n) is 1.77. The van der Waals surface area contributed by atoms with Crippen LogP contribution in [0.5, 0.6) is 0 Å². The first-order valence-corrected chi connectivity index (χ1v) is 3.91. The standard InChI is InChI=1S/C8H8N4O2/c9-4-2-1-3-5-6(4)11-7(10-5)12-8(13)14/h1-3H,9H2,(H,13,14)(H2,10,11,12). The van der Waals surface area contributed by atoms with E-state index in [0.29, 0.717) is 16.7 Å². The Kier molecular flexibility index (Phi) is 1.74. The van der Waals surface area contributed by atoms with Crippen molar-refractivity contribution < 1.29 is 9.90 Å². The number of nitrogens with zero attached hydrogens (tertiary/aromatic N) is 1. The lowest BCUT2D eigenvalue weighted by Gasteiger charge is -1.91. The van der Waals surface area contributed by atoms with Crippen LogP contribution in [0.4, 0.5) is 16.4 Å². The highest BCUT2D eigenvalue weighted by molar-refractivity contribution is 5.90. The van der Waals surface area contributed by atoms with E-state index in [2.05, 4.69) is 15.3 Å². The van der Waals surface area contributed by atoms with E-state index in [4.69, 9.17) is 10.8 Å². The van der Waals surface area contributed by atoms with Gasteiger partial charge in [-0.15, -0.1) is 0 Å². The van der Waals surface area contributed by atoms with Crippen molar-refractivity contribution in [1.29, 1.82) is 0 Å². The molecule has 5 N–H and O–H groups in total. The number of nitrogens with one attached hydrogen (secondary N) is 2. The molecule has 0 unspecified atom stereocenters. The number of fused-ring (bicyclic) bond motifs is 1. The molecule has 0 fully saturated rings. The average molecular weight is 192 g/mol. The van der Waals surface area contributed by atoms with Crippen LogP contribution < -0.4 is 11.1 Å². The number of aromatic nitrogens is 2. The minimum atomic E-state index is -1.16. The fourth-order valence-electron chi connectivity index (χ4n) is 1.21. The summed E-state index contributed by atoms with van der Waals surface area (Å²) < 4.78 is 0. The summed E-state index contributed by atoms with van der Waals surface area (Å²) in [6, 6.07) is 5.24. The van der Waals surface area contributed by atoms with E-state index >= 15 is 0 Å². The zero-order chi connectivity index (χ0) is 10.1. The van der Waals surface area contributed by atoms with Crippen LogP contribution in [0.1, 0.15) is 0 Å². The smallest absolute Gasteiger partial charge is 0.411 e. The molecular weight excluding hydrogens is 184 g/mol. The SMILES string of the molecule is Nc1cccc2[nH]c(NC(=O)O)nc12. The highest BCUT2D eigenvalue weighted by Crippen LogP contribution is 2.19. The van der Waals surface area contributed by atoms with Crippen LogP contribution >= 0.6 is 0 Å². The third-order valence-corrected chi connectivity index (χ3v) is 1.77. The van der Waals surface area contributed by atoms with Crippen LogP contribution in [0.25, 0.3) is 11.0 Å². The van der Waals surface area contributed by atoms with Crippen LogP contribution in [0, 0.1) is 0 Å². The molecule has 2 rings (SSSR count). The summed E-state index contributed by atoms with van der Waals surface area (Å²) in [4.78, 5) is 17.1. The van der Waals surface area contributed by atoms with Crippen molar-refractivity contribution in [1.82, 2.24) is 9.97 Å². The van der Waals surface area contributed by atoms with Gasteiger partial charge in [-0.2, -0.15) is 0 Å². The fraction of sp³-hybridized carbons (Fsp3) is 0. The molecule has 0 saturated heterocycles. The summed E-state index contributed by atoms with van der Waals surface area (Å²) in [5.41, 5.74) is 7.42. The molecule has 0 atom stereocenters. The zero-order valence-corrected chi connectivity index (χ0v) is 7.11. The van der Waals surface area contributed by atoms with E-state index < -0.39 is 6.09 Å². The van der Waals surface area contributed by atoms with Gasteiger partial charge in [0.05, 0.1) is 11.2 Å². The molecule has 6 nitrogen and oxygen atoms in total. The first-order chi connectivity index (χ1) is 6.66. The lowest BCUT2D eigenvalue weighted by atomic mass is 10.3. The Morgan fingerprint density at radius 3 is 3.00 bits per heavy atom. The van der Waals surface area contributed by atoms with Gasteiger partial charge in [0.15, 0.2) is 0 Å². The van der Waals surface area contributed by atoms with Crippen LogP contribution in [0.2, 0.25) is 0 Å². The van der Waals surface area contributed by atoms with E-state index in [9.17, 15) is 4.79 Å². The maximum Gasteiger partial charge on any atom is 0.411 e. The van der Waals surface area contributed by atoms with Crippen molar-refractivity contribution in [2.24, 2.45) is 0 Å². The number of aromatic amines is 1. The van der Waals surface area contributed by atoms with Gasteiger partial charge in [0, 0.05) is 0 Å². The van der Waals surface area contributed by atoms with Crippen LogP contribution in [0.3, 0.4) is 0 Å². The van der Waals surface area contributed by atoms with E-state index in [1.54, 1.807) is 18.2 Å². The molecular formula is C8H8N4O2. The molecule has 1 heterocycles. The second kappa shape index (κ2) is 2.91. The van der Waals surface area contributed by atoms with Gasteiger partial charge in [0.2, 0.25) is 5.95 Å². The quantitative estimate of drug-likeness (QED) is 0.510. The summed E-state index contributed by atoms with van der Waals surface area (Å²) in [5.74, 6) is 0.172. The number of carboxylic acid groups (broad SMARTS) is 1. The lowest BCUT2D eigenvalue weighted by molar-refractivity contribution is 0.209. The zero-order valence-electron chi connectivity index (χ0n) is 7.11. The van der Waals surface area contributed by atoms with Gasteiger partial charge in [-0.05, 0) is 12.1 Å². The number of rotatable bonds is 1. The normalized spacial score (nSPS) is 10.3. The average Bonchev–Trinajstić information content (AvgIpc) is 2.47. The van der Waals surface area contributed by atoms with Gasteiger partial charge in [-0.25, -0.2) is 9.78 Å². The van der Waals surface area contributed by atoms with Gasteiger partial charge < -0.3 is 15.8 Å². The van der Waals surface area contributed by atoms with Crippen molar-refractivity contribution in [3.63, 3.8) is 0 Å². The molecule has 1 amide bonds. The van der Waals surface area contributed by atoms with E-state index in [-0.39, 0.29) is 5.95 Å². The minimum Gasteiger partial charge on any atom is -0.465 e. The van der Waals surface area contributed by atoms with Crippen molar-refractivity contribution in [3.8, 4) is 0 Å². The highest BCUT2D eigenvalue weighted by Gasteiger charge is 2.06. The number of nitrogen functional groups attached to an aromatic ring is 1. The number of amides is 1. The number of para-hydroxylation sites is 1. The van der Waals surface area contributed by atoms with E-state index in [1.807, 2.05) is 0 Å². The molecule has 72 valence electrons. The lowest BCUT2D eigenvalue weighted by Crippen LogP contribution is -2.08. The van der Waals surface area contributed by atoms with Crippen molar-refractivity contribution in [2.45, 2.75) is 0 Å². The Bertz CT molecular complexity index is 491. The predicted molar refractivity (Wildman–Crippen MR) is 52.2 cm³/mol. The van der Waals surface area contributed by atoms with Crippen LogP contribution in [0.15, 0.2) is 18.2 Å². The number of hydrogen-bond acceptors (Lipinski definition) is 3. The van der Waals surface area contributed by atoms with Crippen molar-refractivity contribution in [2.75, 3.05) is 11.1 Å². The number of H-pyrrole nitrogens is 1. The molecule has 0 spiro atoms. The highest BCUT2D eigenvalue weighted by atomic mass is 16.4. The molecule has 14 heavy (non-hydrogen) atoms. The molecule has 0 radical (unpaired) electrons. The second-order valence-corrected chi connectivity index (χ2v) is 2.76. The second-order valence-electron chi connectivity index (χ2n) is 2.76. The van der Waals surface area contributed by atoms with Gasteiger partial charge in [-0.1, -0.05) is 6.07 Å². The topological polar surface area (TPSA) is 104 Å². The Hall–Kier alpha value is -2.24. The molecule has 0 saturated carbocycles. The van der Waals surface area contributed by atoms with Gasteiger partial charge in [0.1, 0.15) is 5.52 Å². The van der Waals surface area contributed by atoms with Crippen LogP contribution in [-0.4, -0.2) is 21.2 Å². The predicted octanol–water partition coefficient (Wildman–Crippen LogP) is 1.23. The number of benzene rings is 1. The fourth-order valence-corrected chi connectivity index (χ4v) is 1.21. The molecule has 2 aromatic rings. The third kappa shape index (κ3) is 1.33. The number of nitrogens with two attached hydrogens (primary N) is 1. The number of hydrogen-bond donors (Lipinski definition) is 4. The first-order valence-electron chi connectivity index (χ1n) is 3.91. The van der Waals surface area contributed by atoms with Gasteiger partial charge in [0.25, 0.3) is 0 Å². The Morgan fingerprint density at radius 2 is 2.36 bits per heavy atom. The van der Waals surface area contributed by atoms with Gasteiger partial charge in [-0.3, -0.25) is 5.32 Å². The molecule has 1 aromatic carbocycles. The van der Waals surface area contributed by atoms with E-state index in [0.717, 1.165) is 0 Å². The molecule has 0 aliphatic heterocycles. The van der Waals surface area contributed by atoms with Crippen LogP contribution in [-0.2, 0) is 0 Å². The van der Waals surface area contributed by atoms with Gasteiger partial charge >= 0.3 is 6.09 Å². The Morgan fingerprint density at radius 1 is 1.57 bits per heavy atom. The summed E-state index contributed by atoms with van der Waals surface area (Å²) in [6.07, 6.45) is -1.16. The molecule has 0 aliphatic carbocycles. The monoisotopic (exact) mass is 192 g/mol.